The number of rotatable bonds is 12. The van der Waals surface area contributed by atoms with Gasteiger partial charge < -0.3 is 34.3 Å². The monoisotopic (exact) mass is 940 g/mol. The molecule has 13 nitrogen and oxygen atoms in total. The van der Waals surface area contributed by atoms with Crippen LogP contribution < -0.4 is 10.9 Å². The van der Waals surface area contributed by atoms with Gasteiger partial charge in [0.15, 0.2) is 6.29 Å². The van der Waals surface area contributed by atoms with Crippen molar-refractivity contribution in [3.63, 3.8) is 0 Å². The number of carbonyl (C=O) groups is 3. The molecule has 1 aromatic heterocycles. The fourth-order valence-electron chi connectivity index (χ4n) is 4.59. The van der Waals surface area contributed by atoms with Crippen molar-refractivity contribution in [3.05, 3.63) is 75.5 Å². The van der Waals surface area contributed by atoms with Gasteiger partial charge in [-0.25, -0.2) is 14.3 Å². The number of hydrogen-bond donors (Lipinski definition) is 2. The van der Waals surface area contributed by atoms with Gasteiger partial charge in [-0.3, -0.25) is 14.4 Å². The number of likely N-dealkylation sites (N-methyl/N-ethyl adjacent to an activating group) is 1. The minimum absolute atomic E-state index is 0. The standard InChI is InChI=1S/C17H31N4O5.C16H11FN2O2.C2H6.Fm/c1-17(2,3)26-16(24)18-5-11-25-12-10-20(14-22)13-15(23)21-8-6-19(4)7-9-21;17-14-6-5-10(7-11(14)9-20)8-15-12-3-1-2-4-13(12)16(21)19-18-15;1-2;/h5-13H2,1-4H3,(H,18,24);1-7,9H,8H2,(H,19,21);1-2H3;/q-1;;;. The third-order valence-electron chi connectivity index (χ3n) is 7.07. The number of benzene rings is 2. The largest absolute Gasteiger partial charge is 0.520 e. The van der Waals surface area contributed by atoms with Crippen LogP contribution in [0.4, 0.5) is 9.18 Å². The summed E-state index contributed by atoms with van der Waals surface area (Å²) in [4.78, 5) is 62.3. The molecule has 2 heterocycles. The Morgan fingerprint density at radius 3 is 2.36 bits per heavy atom. The van der Waals surface area contributed by atoms with E-state index in [0.29, 0.717) is 50.0 Å². The number of aromatic amines is 1. The molecule has 2 aromatic carbocycles. The van der Waals surface area contributed by atoms with Crippen LogP contribution in [0.1, 0.15) is 56.2 Å². The van der Waals surface area contributed by atoms with Crippen LogP contribution in [0.15, 0.2) is 47.3 Å². The topological polar surface area (TPSA) is 154 Å². The van der Waals surface area contributed by atoms with Crippen molar-refractivity contribution < 1.29 is 33.0 Å². The van der Waals surface area contributed by atoms with Crippen molar-refractivity contribution in [2.24, 2.45) is 0 Å². The minimum atomic E-state index is -0.548. The molecular formula is C35H48FFmN6O7-. The molecule has 2 N–H and O–H groups in total. The molecule has 4 rings (SSSR count). The van der Waals surface area contributed by atoms with E-state index in [2.05, 4.69) is 20.4 Å². The van der Waals surface area contributed by atoms with E-state index >= 15 is 0 Å². The van der Waals surface area contributed by atoms with Gasteiger partial charge in [-0.2, -0.15) is 11.5 Å². The summed E-state index contributed by atoms with van der Waals surface area (Å²) in [6, 6.07) is 11.5. The van der Waals surface area contributed by atoms with E-state index in [-0.39, 0.29) is 36.7 Å². The Morgan fingerprint density at radius 2 is 1.74 bits per heavy atom. The number of aldehydes is 1. The third kappa shape index (κ3) is 14.2. The second-order valence-corrected chi connectivity index (χ2v) is 11.9. The fourth-order valence-corrected chi connectivity index (χ4v) is 4.59. The van der Waals surface area contributed by atoms with Crippen LogP contribution in [0.3, 0.4) is 0 Å². The van der Waals surface area contributed by atoms with Crippen molar-refractivity contribution in [1.82, 2.24) is 30.2 Å². The van der Waals surface area contributed by atoms with Crippen LogP contribution in [0.5, 0.6) is 0 Å². The van der Waals surface area contributed by atoms with Gasteiger partial charge >= 0.3 is 6.09 Å². The maximum atomic E-state index is 13.3. The van der Waals surface area contributed by atoms with Crippen LogP contribution in [-0.2, 0) is 25.5 Å². The molecule has 0 saturated carbocycles. The molecule has 3 aromatic rings. The summed E-state index contributed by atoms with van der Waals surface area (Å²) < 4.78 is 23.8. The summed E-state index contributed by atoms with van der Waals surface area (Å²) in [5.74, 6) is -0.624. The van der Waals surface area contributed by atoms with E-state index in [1.807, 2.05) is 33.0 Å². The molecule has 280 valence electrons. The quantitative estimate of drug-likeness (QED) is 0.121. The van der Waals surface area contributed by atoms with Gasteiger partial charge in [0.1, 0.15) is 11.4 Å². The Labute approximate surface area is 286 Å². The number of halogens is 1. The van der Waals surface area contributed by atoms with Gasteiger partial charge in [0, 0.05) is 51.1 Å². The van der Waals surface area contributed by atoms with E-state index < -0.39 is 17.5 Å². The number of carbonyl (C=O) groups excluding carboxylic acids is 4. The zero-order valence-corrected chi connectivity index (χ0v) is 31.9. The van der Waals surface area contributed by atoms with Crippen LogP contribution >= 0.6 is 0 Å². The molecule has 0 atom stereocenters. The van der Waals surface area contributed by atoms with Crippen molar-refractivity contribution in [1.29, 1.82) is 0 Å². The van der Waals surface area contributed by atoms with Gasteiger partial charge in [0.05, 0.1) is 36.4 Å². The zero-order chi connectivity index (χ0) is 36.4. The van der Waals surface area contributed by atoms with E-state index in [9.17, 15) is 28.4 Å². The van der Waals surface area contributed by atoms with Gasteiger partial charge in [-0.1, -0.05) is 38.1 Å². The first kappa shape index (κ1) is 42.3. The average Bonchev–Trinajstić information content (AvgIpc) is 3.08. The number of amides is 3. The minimum Gasteiger partial charge on any atom is -0.520 e. The Hall–Kier alpha value is -5.69. The first-order chi connectivity index (χ1) is 23.4. The van der Waals surface area contributed by atoms with E-state index in [1.165, 1.54) is 17.0 Å². The molecule has 1 aliphatic heterocycles. The van der Waals surface area contributed by atoms with Crippen molar-refractivity contribution in [2.45, 2.75) is 46.6 Å². The van der Waals surface area contributed by atoms with Crippen molar-refractivity contribution in [2.75, 3.05) is 66.1 Å². The molecule has 0 spiro atoms. The first-order valence-electron chi connectivity index (χ1n) is 16.2. The van der Waals surface area contributed by atoms with Crippen LogP contribution in [0.25, 0.3) is 10.8 Å². The van der Waals surface area contributed by atoms with Crippen LogP contribution in [0, 0.1) is 5.82 Å². The van der Waals surface area contributed by atoms with Gasteiger partial charge in [-0.05, 0) is 51.6 Å². The Morgan fingerprint density at radius 1 is 1.08 bits per heavy atom. The molecule has 0 aliphatic carbocycles. The smallest absolute Gasteiger partial charge is 0.407 e. The zero-order valence-electron chi connectivity index (χ0n) is 29.5. The predicted octanol–water partition coefficient (Wildman–Crippen LogP) is 3.16. The molecule has 1 fully saturated rings. The number of hydrogen-bond acceptors (Lipinski definition) is 9. The molecule has 3 amide bonds. The van der Waals surface area contributed by atoms with Crippen molar-refractivity contribution >= 4 is 35.5 Å². The molecule has 0 radical (unpaired) electrons. The number of fused-ring (bicyclic) bond motifs is 1. The molecule has 0 unspecified atom stereocenters. The Balaban J connectivity index is 0.000000474. The molecule has 1 aliphatic rings. The van der Waals surface area contributed by atoms with Crippen LogP contribution in [0.2, 0.25) is 0 Å². The number of piperazine rings is 1. The van der Waals surface area contributed by atoms with Crippen molar-refractivity contribution in [3.8, 4) is 0 Å². The number of aromatic nitrogens is 2. The molecule has 50 heavy (non-hydrogen) atoms. The SMILES string of the molecule is CC.CN1CCN(C(=O)CN([C-]=O)CCOCCNC(=O)OC(C)(C)C)CC1.O=Cc1cc(Cc2n[nH]c(=O)c3ccccc23)ccc1F.[Fm]. The van der Waals surface area contributed by atoms with Gasteiger partial charge in [-0.15, -0.1) is 0 Å². The number of ether oxygens (including phenoxy) is 2. The summed E-state index contributed by atoms with van der Waals surface area (Å²) in [5, 5.41) is 10.4. The predicted molar refractivity (Wildman–Crippen MR) is 185 cm³/mol. The van der Waals surface area contributed by atoms with Crippen LogP contribution in [-0.4, -0.2) is 121 Å². The molecule has 0 bridgehead atoms. The number of nitrogens with one attached hydrogen (secondary N) is 2. The number of nitrogens with zero attached hydrogens (tertiary/aromatic N) is 4. The second-order valence-electron chi connectivity index (χ2n) is 11.9. The normalized spacial score (nSPS) is 12.7. The molecule has 1 saturated heterocycles. The van der Waals surface area contributed by atoms with Gasteiger partial charge in [0.2, 0.25) is 5.91 Å². The third-order valence-corrected chi connectivity index (χ3v) is 7.07. The first-order valence-corrected chi connectivity index (χ1v) is 16.2. The van der Waals surface area contributed by atoms with E-state index in [4.69, 9.17) is 9.47 Å². The summed E-state index contributed by atoms with van der Waals surface area (Å²) in [5.41, 5.74) is 0.654. The Kier molecular flexibility index (Phi) is 18.0. The fraction of sp³-hybridized carbons (Fsp3) is 0.486. The van der Waals surface area contributed by atoms with E-state index in [0.717, 1.165) is 24.0 Å². The molecule has 15 heteroatoms. The Bertz CT molecular complexity index is 1580. The van der Waals surface area contributed by atoms with Gasteiger partial charge in [0.25, 0.3) is 5.56 Å². The maximum Gasteiger partial charge on any atom is 0.407 e. The number of H-pyrrole nitrogens is 1. The molecular weight excluding hydrogens is 892 g/mol. The second kappa shape index (κ2) is 21.3. The summed E-state index contributed by atoms with van der Waals surface area (Å²) >= 11 is 0. The summed E-state index contributed by atoms with van der Waals surface area (Å²) in [6.07, 6.45) is 2.16. The summed E-state index contributed by atoms with van der Waals surface area (Å²) in [6.45, 7) is 13.5. The summed E-state index contributed by atoms with van der Waals surface area (Å²) in [7, 11) is 2.02. The average molecular weight is 941 g/mol. The van der Waals surface area contributed by atoms with E-state index in [1.54, 1.807) is 50.3 Å². The number of alkyl carbamates (subject to hydrolysis) is 1. The maximum absolute atomic E-state index is 13.3.